The first-order chi connectivity index (χ1) is 11.7. The number of hydrogen-bond acceptors (Lipinski definition) is 5. The van der Waals surface area contributed by atoms with E-state index in [1.807, 2.05) is 18.2 Å². The lowest BCUT2D eigenvalue weighted by atomic mass is 9.84. The van der Waals surface area contributed by atoms with Gasteiger partial charge < -0.3 is 18.9 Å². The number of H-pyrrole nitrogens is 1. The minimum absolute atomic E-state index is 0.406. The SMILES string of the molecule is COC(=O)C1(c2ccco2)NCCc2c1[nH]c1cc(OC)ccc21. The Bertz CT molecular complexity index is 897. The Balaban J connectivity index is 2.01. The molecule has 2 aromatic heterocycles. The second kappa shape index (κ2) is 5.42. The normalized spacial score (nSPS) is 19.9. The van der Waals surface area contributed by atoms with Crippen molar-refractivity contribution in [1.29, 1.82) is 0 Å². The molecule has 2 N–H and O–H groups in total. The molecule has 1 unspecified atom stereocenters. The van der Waals surface area contributed by atoms with Crippen LogP contribution in [0.15, 0.2) is 41.0 Å². The average molecular weight is 326 g/mol. The maximum atomic E-state index is 12.8. The zero-order valence-corrected chi connectivity index (χ0v) is 13.5. The van der Waals surface area contributed by atoms with Crippen LogP contribution in [0.1, 0.15) is 17.0 Å². The second-order valence-corrected chi connectivity index (χ2v) is 5.79. The summed E-state index contributed by atoms with van der Waals surface area (Å²) in [7, 11) is 3.02. The van der Waals surface area contributed by atoms with Crippen molar-refractivity contribution in [1.82, 2.24) is 10.3 Å². The first-order valence-electron chi connectivity index (χ1n) is 7.77. The molecule has 6 nitrogen and oxygen atoms in total. The molecule has 0 saturated heterocycles. The summed E-state index contributed by atoms with van der Waals surface area (Å²) in [6, 6.07) is 9.41. The number of furan rings is 1. The van der Waals surface area contributed by atoms with Gasteiger partial charge in [0.2, 0.25) is 5.54 Å². The van der Waals surface area contributed by atoms with Gasteiger partial charge in [0.25, 0.3) is 0 Å². The van der Waals surface area contributed by atoms with Crippen LogP contribution in [0.5, 0.6) is 5.75 Å². The summed E-state index contributed by atoms with van der Waals surface area (Å²) in [4.78, 5) is 16.1. The highest BCUT2D eigenvalue weighted by Crippen LogP contribution is 2.39. The summed E-state index contributed by atoms with van der Waals surface area (Å²) in [5.74, 6) is 0.862. The number of methoxy groups -OCH3 is 2. The zero-order valence-electron chi connectivity index (χ0n) is 13.5. The van der Waals surface area contributed by atoms with Gasteiger partial charge in [-0.2, -0.15) is 0 Å². The minimum Gasteiger partial charge on any atom is -0.497 e. The van der Waals surface area contributed by atoms with E-state index in [0.717, 1.165) is 34.3 Å². The van der Waals surface area contributed by atoms with E-state index in [4.69, 9.17) is 13.9 Å². The third kappa shape index (κ3) is 1.89. The van der Waals surface area contributed by atoms with Gasteiger partial charge in [-0.25, -0.2) is 4.79 Å². The van der Waals surface area contributed by atoms with Crippen molar-refractivity contribution >= 4 is 16.9 Å². The Labute approximate surface area is 138 Å². The van der Waals surface area contributed by atoms with Gasteiger partial charge in [-0.05, 0) is 36.2 Å². The third-order valence-corrected chi connectivity index (χ3v) is 4.64. The van der Waals surface area contributed by atoms with Crippen LogP contribution in [0.25, 0.3) is 10.9 Å². The van der Waals surface area contributed by atoms with Crippen molar-refractivity contribution in [2.24, 2.45) is 0 Å². The Morgan fingerprint density at radius 2 is 2.17 bits per heavy atom. The van der Waals surface area contributed by atoms with Crippen molar-refractivity contribution in [2.45, 2.75) is 12.0 Å². The van der Waals surface area contributed by atoms with Gasteiger partial charge in [0, 0.05) is 23.5 Å². The maximum absolute atomic E-state index is 12.8. The highest BCUT2D eigenvalue weighted by molar-refractivity contribution is 5.93. The van der Waals surface area contributed by atoms with E-state index in [0.29, 0.717) is 12.3 Å². The fraction of sp³-hybridized carbons (Fsp3) is 0.278. The first kappa shape index (κ1) is 14.8. The van der Waals surface area contributed by atoms with E-state index in [9.17, 15) is 4.79 Å². The molecule has 1 aliphatic rings. The number of aromatic amines is 1. The van der Waals surface area contributed by atoms with Crippen molar-refractivity contribution in [3.05, 3.63) is 53.6 Å². The molecule has 0 spiro atoms. The van der Waals surface area contributed by atoms with E-state index < -0.39 is 11.5 Å². The Hall–Kier alpha value is -2.73. The molecule has 1 aliphatic heterocycles. The van der Waals surface area contributed by atoms with Gasteiger partial charge in [0.15, 0.2) is 0 Å². The molecule has 4 rings (SSSR count). The molecule has 24 heavy (non-hydrogen) atoms. The molecule has 124 valence electrons. The smallest absolute Gasteiger partial charge is 0.340 e. The summed E-state index contributed by atoms with van der Waals surface area (Å²) in [6.45, 7) is 0.641. The second-order valence-electron chi connectivity index (χ2n) is 5.79. The van der Waals surface area contributed by atoms with Crippen LogP contribution in [0, 0.1) is 0 Å². The molecule has 1 aromatic carbocycles. The number of aromatic nitrogens is 1. The van der Waals surface area contributed by atoms with Crippen molar-refractivity contribution in [2.75, 3.05) is 20.8 Å². The standard InChI is InChI=1S/C18H18N2O4/c1-22-11-5-6-12-13-7-8-19-18(17(21)23-2,15-4-3-9-24-15)16(13)20-14(12)10-11/h3-6,9-10,19-20H,7-8H2,1-2H3. The number of nitrogens with one attached hydrogen (secondary N) is 2. The number of carbonyl (C=O) groups is 1. The maximum Gasteiger partial charge on any atom is 0.340 e. The first-order valence-corrected chi connectivity index (χ1v) is 7.77. The van der Waals surface area contributed by atoms with E-state index in [1.165, 1.54) is 7.11 Å². The van der Waals surface area contributed by atoms with Crippen LogP contribution in [-0.2, 0) is 21.5 Å². The lowest BCUT2D eigenvalue weighted by Crippen LogP contribution is -2.54. The quantitative estimate of drug-likeness (QED) is 0.723. The summed E-state index contributed by atoms with van der Waals surface area (Å²) >= 11 is 0. The number of carbonyl (C=O) groups excluding carboxylic acids is 1. The molecule has 0 amide bonds. The van der Waals surface area contributed by atoms with Crippen LogP contribution in [0.3, 0.4) is 0 Å². The lowest BCUT2D eigenvalue weighted by molar-refractivity contribution is -0.148. The van der Waals surface area contributed by atoms with E-state index in [1.54, 1.807) is 25.5 Å². The van der Waals surface area contributed by atoms with Gasteiger partial charge in [0.05, 0.1) is 26.2 Å². The van der Waals surface area contributed by atoms with Crippen molar-refractivity contribution in [3.8, 4) is 5.75 Å². The largest absolute Gasteiger partial charge is 0.497 e. The predicted molar refractivity (Wildman–Crippen MR) is 88.1 cm³/mol. The molecular weight excluding hydrogens is 308 g/mol. The third-order valence-electron chi connectivity index (χ3n) is 4.64. The fourth-order valence-electron chi connectivity index (χ4n) is 3.53. The van der Waals surface area contributed by atoms with E-state index >= 15 is 0 Å². The number of benzene rings is 1. The number of rotatable bonds is 3. The molecule has 6 heteroatoms. The minimum atomic E-state index is -1.17. The van der Waals surface area contributed by atoms with E-state index in [-0.39, 0.29) is 0 Å². The highest BCUT2D eigenvalue weighted by Gasteiger charge is 2.50. The Kier molecular flexibility index (Phi) is 3.35. The van der Waals surface area contributed by atoms with Gasteiger partial charge in [-0.1, -0.05) is 0 Å². The molecule has 0 bridgehead atoms. The molecule has 3 heterocycles. The van der Waals surface area contributed by atoms with Gasteiger partial charge >= 0.3 is 5.97 Å². The molecular formula is C18H18N2O4. The van der Waals surface area contributed by atoms with Gasteiger partial charge in [-0.15, -0.1) is 0 Å². The molecule has 0 radical (unpaired) electrons. The molecule has 1 atom stereocenters. The predicted octanol–water partition coefficient (Wildman–Crippen LogP) is 2.33. The van der Waals surface area contributed by atoms with Crippen LogP contribution < -0.4 is 10.1 Å². The topological polar surface area (TPSA) is 76.5 Å². The van der Waals surface area contributed by atoms with Crippen LogP contribution in [0.2, 0.25) is 0 Å². The summed E-state index contributed by atoms with van der Waals surface area (Å²) in [6.07, 6.45) is 2.36. The Morgan fingerprint density at radius 1 is 1.29 bits per heavy atom. The van der Waals surface area contributed by atoms with Crippen molar-refractivity contribution < 1.29 is 18.7 Å². The molecule has 0 saturated carbocycles. The Morgan fingerprint density at radius 3 is 2.88 bits per heavy atom. The van der Waals surface area contributed by atoms with Crippen LogP contribution in [0.4, 0.5) is 0 Å². The number of esters is 1. The average Bonchev–Trinajstić information content (AvgIpc) is 3.28. The van der Waals surface area contributed by atoms with Gasteiger partial charge in [-0.3, -0.25) is 5.32 Å². The summed E-state index contributed by atoms with van der Waals surface area (Å²) < 4.78 is 16.0. The van der Waals surface area contributed by atoms with Crippen LogP contribution in [-0.4, -0.2) is 31.7 Å². The van der Waals surface area contributed by atoms with Crippen molar-refractivity contribution in [3.63, 3.8) is 0 Å². The van der Waals surface area contributed by atoms with Gasteiger partial charge in [0.1, 0.15) is 11.5 Å². The molecule has 0 fully saturated rings. The number of hydrogen-bond donors (Lipinski definition) is 2. The van der Waals surface area contributed by atoms with E-state index in [2.05, 4.69) is 10.3 Å². The summed E-state index contributed by atoms with van der Waals surface area (Å²) in [5.41, 5.74) is 1.60. The van der Waals surface area contributed by atoms with Crippen LogP contribution >= 0.6 is 0 Å². The number of ether oxygens (including phenoxy) is 2. The zero-order chi connectivity index (χ0) is 16.7. The molecule has 3 aromatic rings. The molecule has 0 aliphatic carbocycles. The fourth-order valence-corrected chi connectivity index (χ4v) is 3.53. The number of fused-ring (bicyclic) bond motifs is 3. The lowest BCUT2D eigenvalue weighted by Gasteiger charge is -2.34. The highest BCUT2D eigenvalue weighted by atomic mass is 16.5. The monoisotopic (exact) mass is 326 g/mol. The summed E-state index contributed by atoms with van der Waals surface area (Å²) in [5, 5.41) is 4.38.